The molecule has 2 aliphatic rings. The van der Waals surface area contributed by atoms with Gasteiger partial charge in [0.2, 0.25) is 11.8 Å². The molecule has 3 atom stereocenters. The van der Waals surface area contributed by atoms with Gasteiger partial charge >= 0.3 is 0 Å². The van der Waals surface area contributed by atoms with Crippen LogP contribution in [0.5, 0.6) is 0 Å². The third kappa shape index (κ3) is 5.45. The first-order valence-electron chi connectivity index (χ1n) is 9.50. The summed E-state index contributed by atoms with van der Waals surface area (Å²) in [6.45, 7) is 4.59. The van der Waals surface area contributed by atoms with E-state index in [1.54, 1.807) is 0 Å². The first kappa shape index (κ1) is 20.7. The fourth-order valence-corrected chi connectivity index (χ4v) is 3.87. The summed E-state index contributed by atoms with van der Waals surface area (Å²) in [7, 11) is 0. The summed E-state index contributed by atoms with van der Waals surface area (Å²) in [5.41, 5.74) is 1.08. The highest BCUT2D eigenvalue weighted by molar-refractivity contribution is 5.89. The van der Waals surface area contributed by atoms with Crippen molar-refractivity contribution in [3.8, 4) is 0 Å². The first-order chi connectivity index (χ1) is 12.1. The molecule has 0 aromatic heterocycles. The molecule has 2 heterocycles. The highest BCUT2D eigenvalue weighted by Crippen LogP contribution is 2.18. The van der Waals surface area contributed by atoms with Crippen molar-refractivity contribution in [2.45, 2.75) is 51.1 Å². The molecule has 2 saturated heterocycles. The van der Waals surface area contributed by atoms with Gasteiger partial charge in [0, 0.05) is 31.5 Å². The lowest BCUT2D eigenvalue weighted by Gasteiger charge is -2.30. The highest BCUT2D eigenvalue weighted by Gasteiger charge is 2.31. The summed E-state index contributed by atoms with van der Waals surface area (Å²) in [5.74, 6) is 0.0967. The van der Waals surface area contributed by atoms with E-state index in [0.717, 1.165) is 50.9 Å². The molecule has 144 valence electrons. The van der Waals surface area contributed by atoms with E-state index in [1.165, 1.54) is 0 Å². The minimum Gasteiger partial charge on any atom is -0.344 e. The Morgan fingerprint density at radius 3 is 2.58 bits per heavy atom. The Morgan fingerprint density at radius 2 is 1.92 bits per heavy atom. The van der Waals surface area contributed by atoms with E-state index >= 15 is 0 Å². The number of benzene rings is 1. The Morgan fingerprint density at radius 1 is 1.23 bits per heavy atom. The molecule has 5 nitrogen and oxygen atoms in total. The molecule has 2 fully saturated rings. The van der Waals surface area contributed by atoms with Crippen LogP contribution in [-0.4, -0.2) is 48.4 Å². The van der Waals surface area contributed by atoms with Gasteiger partial charge in [0.1, 0.15) is 6.04 Å². The maximum atomic E-state index is 12.9. The van der Waals surface area contributed by atoms with Crippen LogP contribution in [0.2, 0.25) is 0 Å². The van der Waals surface area contributed by atoms with Gasteiger partial charge in [-0.2, -0.15) is 0 Å². The van der Waals surface area contributed by atoms with Crippen LogP contribution < -0.4 is 10.6 Å². The van der Waals surface area contributed by atoms with Gasteiger partial charge < -0.3 is 15.5 Å². The van der Waals surface area contributed by atoms with Crippen molar-refractivity contribution in [2.24, 2.45) is 5.92 Å². The van der Waals surface area contributed by atoms with Crippen molar-refractivity contribution in [2.75, 3.05) is 19.6 Å². The number of piperidine rings is 1. The molecule has 2 aliphatic heterocycles. The van der Waals surface area contributed by atoms with Crippen molar-refractivity contribution in [1.29, 1.82) is 0 Å². The lowest BCUT2D eigenvalue weighted by molar-refractivity contribution is -0.137. The van der Waals surface area contributed by atoms with Crippen LogP contribution in [0.25, 0.3) is 0 Å². The molecule has 0 saturated carbocycles. The van der Waals surface area contributed by atoms with Gasteiger partial charge in [-0.1, -0.05) is 30.3 Å². The van der Waals surface area contributed by atoms with Crippen LogP contribution in [0.4, 0.5) is 0 Å². The molecule has 2 amide bonds. The normalized spacial score (nSPS) is 23.8. The summed E-state index contributed by atoms with van der Waals surface area (Å²) in [6, 6.07) is 9.85. The topological polar surface area (TPSA) is 61.4 Å². The van der Waals surface area contributed by atoms with E-state index in [9.17, 15) is 9.59 Å². The number of likely N-dealkylation sites (tertiary alicyclic amines) is 1. The van der Waals surface area contributed by atoms with Crippen LogP contribution in [0, 0.1) is 5.92 Å². The SMILES string of the molecule is C[C@H]1C[C@@H](C(=O)NC(Cc2ccccc2)C(=O)N2CCCC2)CCN1.Cl. The molecule has 1 unspecified atom stereocenters. The Hall–Kier alpha value is -1.59. The minimum absolute atomic E-state index is 0. The summed E-state index contributed by atoms with van der Waals surface area (Å²) in [6.07, 6.45) is 4.35. The molecular formula is C20H30ClN3O2. The van der Waals surface area contributed by atoms with Crippen molar-refractivity contribution < 1.29 is 9.59 Å². The Bertz CT molecular complexity index is 590. The van der Waals surface area contributed by atoms with Crippen LogP contribution in [0.1, 0.15) is 38.2 Å². The number of hydrogen-bond acceptors (Lipinski definition) is 3. The van der Waals surface area contributed by atoms with Crippen molar-refractivity contribution in [3.63, 3.8) is 0 Å². The smallest absolute Gasteiger partial charge is 0.245 e. The molecule has 3 rings (SSSR count). The fourth-order valence-electron chi connectivity index (χ4n) is 3.87. The number of rotatable bonds is 5. The van der Waals surface area contributed by atoms with Crippen molar-refractivity contribution in [3.05, 3.63) is 35.9 Å². The summed E-state index contributed by atoms with van der Waals surface area (Å²) in [4.78, 5) is 27.6. The number of amides is 2. The zero-order chi connectivity index (χ0) is 17.6. The van der Waals surface area contributed by atoms with Gasteiger partial charge in [-0.15, -0.1) is 12.4 Å². The number of hydrogen-bond donors (Lipinski definition) is 2. The van der Waals surface area contributed by atoms with Crippen LogP contribution in [0.3, 0.4) is 0 Å². The predicted molar refractivity (Wildman–Crippen MR) is 105 cm³/mol. The highest BCUT2D eigenvalue weighted by atomic mass is 35.5. The maximum Gasteiger partial charge on any atom is 0.245 e. The molecular weight excluding hydrogens is 350 g/mol. The fraction of sp³-hybridized carbons (Fsp3) is 0.600. The summed E-state index contributed by atoms with van der Waals surface area (Å²) < 4.78 is 0. The van der Waals surface area contributed by atoms with Crippen LogP contribution in [0.15, 0.2) is 30.3 Å². The average Bonchev–Trinajstić information content (AvgIpc) is 3.16. The zero-order valence-corrected chi connectivity index (χ0v) is 16.3. The van der Waals surface area contributed by atoms with Gasteiger partial charge in [-0.3, -0.25) is 9.59 Å². The molecule has 6 heteroatoms. The number of nitrogens with one attached hydrogen (secondary N) is 2. The Balaban J connectivity index is 0.00000243. The lowest BCUT2D eigenvalue weighted by Crippen LogP contribution is -2.52. The quantitative estimate of drug-likeness (QED) is 0.824. The van der Waals surface area contributed by atoms with Crippen LogP contribution in [-0.2, 0) is 16.0 Å². The van der Waals surface area contributed by atoms with Gasteiger partial charge in [-0.25, -0.2) is 0 Å². The van der Waals surface area contributed by atoms with Gasteiger partial charge in [0.15, 0.2) is 0 Å². The number of nitrogens with zero attached hydrogens (tertiary/aromatic N) is 1. The van der Waals surface area contributed by atoms with E-state index in [-0.39, 0.29) is 30.1 Å². The van der Waals surface area contributed by atoms with Crippen molar-refractivity contribution in [1.82, 2.24) is 15.5 Å². The Kier molecular flexibility index (Phi) is 7.91. The Labute approximate surface area is 162 Å². The first-order valence-corrected chi connectivity index (χ1v) is 9.50. The molecule has 0 bridgehead atoms. The lowest BCUT2D eigenvalue weighted by atomic mass is 9.92. The number of halogens is 1. The standard InChI is InChI=1S/C20H29N3O2.ClH/c1-15-13-17(9-10-21-15)19(24)22-18(14-16-7-3-2-4-8-16)20(25)23-11-5-6-12-23;/h2-4,7-8,15,17-18,21H,5-6,9-14H2,1H3,(H,22,24);1H/t15-,17-,18?;/m0./s1. The van der Waals surface area contributed by atoms with Crippen molar-refractivity contribution >= 4 is 24.2 Å². The van der Waals surface area contributed by atoms with E-state index in [4.69, 9.17) is 0 Å². The van der Waals surface area contributed by atoms with Crippen LogP contribution >= 0.6 is 12.4 Å². The number of carbonyl (C=O) groups is 2. The summed E-state index contributed by atoms with van der Waals surface area (Å²) in [5, 5.41) is 6.45. The summed E-state index contributed by atoms with van der Waals surface area (Å²) >= 11 is 0. The van der Waals surface area contributed by atoms with E-state index in [2.05, 4.69) is 17.6 Å². The molecule has 0 radical (unpaired) electrons. The van der Waals surface area contributed by atoms with Gasteiger partial charge in [0.05, 0.1) is 0 Å². The molecule has 1 aromatic carbocycles. The van der Waals surface area contributed by atoms with E-state index in [1.807, 2.05) is 35.2 Å². The molecule has 0 spiro atoms. The molecule has 1 aromatic rings. The second-order valence-electron chi connectivity index (χ2n) is 7.36. The van der Waals surface area contributed by atoms with E-state index in [0.29, 0.717) is 12.5 Å². The van der Waals surface area contributed by atoms with Gasteiger partial charge in [-0.05, 0) is 44.7 Å². The van der Waals surface area contributed by atoms with Gasteiger partial charge in [0.25, 0.3) is 0 Å². The maximum absolute atomic E-state index is 12.9. The van der Waals surface area contributed by atoms with E-state index < -0.39 is 6.04 Å². The third-order valence-corrected chi connectivity index (χ3v) is 5.31. The average molecular weight is 380 g/mol. The predicted octanol–water partition coefficient (Wildman–Crippen LogP) is 2.15. The largest absolute Gasteiger partial charge is 0.344 e. The monoisotopic (exact) mass is 379 g/mol. The second kappa shape index (κ2) is 9.93. The third-order valence-electron chi connectivity index (χ3n) is 5.31. The number of carbonyl (C=O) groups excluding carboxylic acids is 2. The second-order valence-corrected chi connectivity index (χ2v) is 7.36. The molecule has 26 heavy (non-hydrogen) atoms. The molecule has 0 aliphatic carbocycles. The zero-order valence-electron chi connectivity index (χ0n) is 15.4. The molecule has 2 N–H and O–H groups in total. The minimum atomic E-state index is -0.460.